The Balaban J connectivity index is 2.60. The van der Waals surface area contributed by atoms with Gasteiger partial charge in [0.25, 0.3) is 0 Å². The molecule has 0 aliphatic rings. The van der Waals surface area contributed by atoms with Crippen LogP contribution in [0.3, 0.4) is 0 Å². The molecular formula is C15H23NO2. The van der Waals surface area contributed by atoms with Crippen molar-refractivity contribution in [2.45, 2.75) is 39.5 Å². The number of aliphatic carboxylic acids is 1. The Hall–Kier alpha value is -1.51. The molecule has 0 aliphatic heterocycles. The lowest BCUT2D eigenvalue weighted by Crippen LogP contribution is -2.25. The van der Waals surface area contributed by atoms with Gasteiger partial charge in [-0.3, -0.25) is 4.79 Å². The zero-order chi connectivity index (χ0) is 13.4. The van der Waals surface area contributed by atoms with Crippen molar-refractivity contribution in [2.24, 2.45) is 0 Å². The Morgan fingerprint density at radius 1 is 1.22 bits per heavy atom. The maximum absolute atomic E-state index is 10.6. The number of rotatable bonds is 8. The second-order valence-electron chi connectivity index (χ2n) is 4.49. The first kappa shape index (κ1) is 14.6. The number of hydrogen-bond donors (Lipinski definition) is 1. The molecule has 0 spiro atoms. The highest BCUT2D eigenvalue weighted by Gasteiger charge is 2.06. The summed E-state index contributed by atoms with van der Waals surface area (Å²) in [6.07, 6.45) is 3.74. The van der Waals surface area contributed by atoms with Gasteiger partial charge in [-0.2, -0.15) is 0 Å². The third-order valence-corrected chi connectivity index (χ3v) is 3.10. The van der Waals surface area contributed by atoms with Crippen molar-refractivity contribution in [3.05, 3.63) is 29.8 Å². The number of unbranched alkanes of at least 4 members (excludes halogenated alkanes) is 1. The normalized spacial score (nSPS) is 10.3. The molecule has 0 unspecified atom stereocenters. The minimum absolute atomic E-state index is 0.186. The van der Waals surface area contributed by atoms with Gasteiger partial charge in [0.1, 0.15) is 0 Å². The molecule has 0 fully saturated rings. The summed E-state index contributed by atoms with van der Waals surface area (Å²) in [5.74, 6) is -0.743. The molecule has 0 aromatic heterocycles. The number of anilines is 1. The van der Waals surface area contributed by atoms with Gasteiger partial charge in [0, 0.05) is 18.8 Å². The fourth-order valence-electron chi connectivity index (χ4n) is 1.95. The summed E-state index contributed by atoms with van der Waals surface area (Å²) in [6, 6.07) is 8.48. The maximum Gasteiger partial charge on any atom is 0.305 e. The van der Waals surface area contributed by atoms with E-state index in [-0.39, 0.29) is 6.42 Å². The van der Waals surface area contributed by atoms with E-state index in [1.165, 1.54) is 18.4 Å². The SMILES string of the molecule is CCCCc1ccc(N(CC)CCC(=O)O)cc1. The Morgan fingerprint density at radius 3 is 2.39 bits per heavy atom. The average molecular weight is 249 g/mol. The molecule has 0 heterocycles. The van der Waals surface area contributed by atoms with Crippen molar-refractivity contribution in [1.82, 2.24) is 0 Å². The van der Waals surface area contributed by atoms with E-state index >= 15 is 0 Å². The monoisotopic (exact) mass is 249 g/mol. The predicted octanol–water partition coefficient (Wildman–Crippen LogP) is 3.33. The van der Waals surface area contributed by atoms with Crippen LogP contribution in [0.15, 0.2) is 24.3 Å². The highest BCUT2D eigenvalue weighted by Crippen LogP contribution is 2.16. The lowest BCUT2D eigenvalue weighted by atomic mass is 10.1. The summed E-state index contributed by atoms with van der Waals surface area (Å²) >= 11 is 0. The fourth-order valence-corrected chi connectivity index (χ4v) is 1.95. The van der Waals surface area contributed by atoms with Crippen LogP contribution >= 0.6 is 0 Å². The van der Waals surface area contributed by atoms with Gasteiger partial charge in [0.05, 0.1) is 6.42 Å². The second kappa shape index (κ2) is 7.75. The number of benzene rings is 1. The number of carbonyl (C=O) groups is 1. The van der Waals surface area contributed by atoms with Gasteiger partial charge >= 0.3 is 5.97 Å². The molecule has 0 atom stereocenters. The van der Waals surface area contributed by atoms with Crippen LogP contribution in [-0.2, 0) is 11.2 Å². The van der Waals surface area contributed by atoms with Crippen molar-refractivity contribution in [1.29, 1.82) is 0 Å². The van der Waals surface area contributed by atoms with E-state index in [2.05, 4.69) is 36.1 Å². The van der Waals surface area contributed by atoms with Crippen LogP contribution in [0.1, 0.15) is 38.7 Å². The molecule has 1 aromatic rings. The lowest BCUT2D eigenvalue weighted by Gasteiger charge is -2.22. The van der Waals surface area contributed by atoms with E-state index in [0.29, 0.717) is 6.54 Å². The Labute approximate surface area is 109 Å². The summed E-state index contributed by atoms with van der Waals surface area (Å²) in [6.45, 7) is 5.65. The molecule has 18 heavy (non-hydrogen) atoms. The third kappa shape index (κ3) is 4.78. The van der Waals surface area contributed by atoms with E-state index in [1.807, 2.05) is 6.92 Å². The van der Waals surface area contributed by atoms with Gasteiger partial charge in [0.15, 0.2) is 0 Å². The first-order valence-electron chi connectivity index (χ1n) is 6.73. The molecule has 0 bridgehead atoms. The van der Waals surface area contributed by atoms with Crippen molar-refractivity contribution >= 4 is 11.7 Å². The molecule has 100 valence electrons. The lowest BCUT2D eigenvalue weighted by molar-refractivity contribution is -0.136. The van der Waals surface area contributed by atoms with Gasteiger partial charge in [0.2, 0.25) is 0 Å². The molecule has 0 amide bonds. The predicted molar refractivity (Wildman–Crippen MR) is 75.2 cm³/mol. The highest BCUT2D eigenvalue weighted by atomic mass is 16.4. The molecular weight excluding hydrogens is 226 g/mol. The summed E-state index contributed by atoms with van der Waals surface area (Å²) in [4.78, 5) is 12.7. The van der Waals surface area contributed by atoms with Crippen LogP contribution in [0.4, 0.5) is 5.69 Å². The van der Waals surface area contributed by atoms with Crippen molar-refractivity contribution < 1.29 is 9.90 Å². The van der Waals surface area contributed by atoms with Crippen molar-refractivity contribution in [2.75, 3.05) is 18.0 Å². The van der Waals surface area contributed by atoms with E-state index in [1.54, 1.807) is 0 Å². The topological polar surface area (TPSA) is 40.5 Å². The first-order chi connectivity index (χ1) is 8.67. The van der Waals surface area contributed by atoms with Crippen LogP contribution in [0.5, 0.6) is 0 Å². The van der Waals surface area contributed by atoms with Gasteiger partial charge < -0.3 is 10.0 Å². The van der Waals surface area contributed by atoms with E-state index in [9.17, 15) is 4.79 Å². The molecule has 0 radical (unpaired) electrons. The standard InChI is InChI=1S/C15H23NO2/c1-3-5-6-13-7-9-14(10-8-13)16(4-2)12-11-15(17)18/h7-10H,3-6,11-12H2,1-2H3,(H,17,18). The molecule has 3 nitrogen and oxygen atoms in total. The minimum atomic E-state index is -0.743. The van der Waals surface area contributed by atoms with Crippen LogP contribution < -0.4 is 4.90 Å². The van der Waals surface area contributed by atoms with Crippen LogP contribution in [0.25, 0.3) is 0 Å². The number of aryl methyl sites for hydroxylation is 1. The molecule has 3 heteroatoms. The summed E-state index contributed by atoms with van der Waals surface area (Å²) < 4.78 is 0. The number of hydrogen-bond acceptors (Lipinski definition) is 2. The van der Waals surface area contributed by atoms with Crippen LogP contribution in [-0.4, -0.2) is 24.2 Å². The van der Waals surface area contributed by atoms with Gasteiger partial charge in [-0.05, 0) is 37.5 Å². The number of nitrogens with zero attached hydrogens (tertiary/aromatic N) is 1. The highest BCUT2D eigenvalue weighted by molar-refractivity contribution is 5.67. The van der Waals surface area contributed by atoms with E-state index in [0.717, 1.165) is 18.7 Å². The quantitative estimate of drug-likeness (QED) is 0.768. The molecule has 0 saturated heterocycles. The first-order valence-corrected chi connectivity index (χ1v) is 6.73. The van der Waals surface area contributed by atoms with Gasteiger partial charge in [-0.1, -0.05) is 25.5 Å². The summed E-state index contributed by atoms with van der Waals surface area (Å²) in [7, 11) is 0. The van der Waals surface area contributed by atoms with Gasteiger partial charge in [-0.25, -0.2) is 0 Å². The van der Waals surface area contributed by atoms with Crippen LogP contribution in [0, 0.1) is 0 Å². The zero-order valence-corrected chi connectivity index (χ0v) is 11.4. The number of carboxylic acid groups (broad SMARTS) is 1. The summed E-state index contributed by atoms with van der Waals surface area (Å²) in [5.41, 5.74) is 2.47. The van der Waals surface area contributed by atoms with Gasteiger partial charge in [-0.15, -0.1) is 0 Å². The van der Waals surface area contributed by atoms with E-state index in [4.69, 9.17) is 5.11 Å². The fraction of sp³-hybridized carbons (Fsp3) is 0.533. The largest absolute Gasteiger partial charge is 0.481 e. The Kier molecular flexibility index (Phi) is 6.26. The molecule has 0 saturated carbocycles. The van der Waals surface area contributed by atoms with Crippen LogP contribution in [0.2, 0.25) is 0 Å². The third-order valence-electron chi connectivity index (χ3n) is 3.10. The number of carboxylic acids is 1. The van der Waals surface area contributed by atoms with Crippen molar-refractivity contribution in [3.8, 4) is 0 Å². The second-order valence-corrected chi connectivity index (χ2v) is 4.49. The average Bonchev–Trinajstić information content (AvgIpc) is 2.38. The molecule has 0 aliphatic carbocycles. The molecule has 1 N–H and O–H groups in total. The van der Waals surface area contributed by atoms with E-state index < -0.39 is 5.97 Å². The smallest absolute Gasteiger partial charge is 0.305 e. The Morgan fingerprint density at radius 2 is 1.89 bits per heavy atom. The molecule has 1 aromatic carbocycles. The molecule has 1 rings (SSSR count). The van der Waals surface area contributed by atoms with Crippen molar-refractivity contribution in [3.63, 3.8) is 0 Å². The maximum atomic E-state index is 10.6. The summed E-state index contributed by atoms with van der Waals surface area (Å²) in [5, 5.41) is 8.72. The minimum Gasteiger partial charge on any atom is -0.481 e. The Bertz CT molecular complexity index is 359. The zero-order valence-electron chi connectivity index (χ0n) is 11.4.